The second kappa shape index (κ2) is 11.2. The van der Waals surface area contributed by atoms with Crippen molar-refractivity contribution in [2.24, 2.45) is 0 Å². The molecule has 1 aromatic rings. The molecule has 7 nitrogen and oxygen atoms in total. The molecule has 0 aliphatic rings. The second-order valence-electron chi connectivity index (χ2n) is 5.38. The lowest BCUT2D eigenvalue weighted by Gasteiger charge is -2.20. The lowest BCUT2D eigenvalue weighted by molar-refractivity contribution is -0.143. The van der Waals surface area contributed by atoms with Crippen molar-refractivity contribution in [2.75, 3.05) is 40.0 Å². The first-order valence-corrected chi connectivity index (χ1v) is 8.95. The minimum atomic E-state index is -0.330. The van der Waals surface area contributed by atoms with Gasteiger partial charge in [-0.2, -0.15) is 0 Å². The molecule has 146 valence electrons. The van der Waals surface area contributed by atoms with Gasteiger partial charge in [0.05, 0.1) is 32.8 Å². The molecule has 0 atom stereocenters. The second-order valence-corrected chi connectivity index (χ2v) is 5.38. The van der Waals surface area contributed by atoms with Crippen LogP contribution in [0.1, 0.15) is 44.5 Å². The van der Waals surface area contributed by atoms with Gasteiger partial charge in [0.15, 0.2) is 11.5 Å². The van der Waals surface area contributed by atoms with Crippen molar-refractivity contribution in [1.82, 2.24) is 4.90 Å². The average Bonchev–Trinajstić information content (AvgIpc) is 2.62. The van der Waals surface area contributed by atoms with Crippen molar-refractivity contribution < 1.29 is 28.5 Å². The van der Waals surface area contributed by atoms with Crippen molar-refractivity contribution in [3.05, 3.63) is 17.7 Å². The van der Waals surface area contributed by atoms with Crippen LogP contribution >= 0.6 is 0 Å². The fourth-order valence-electron chi connectivity index (χ4n) is 2.33. The number of carbonyl (C=O) groups is 2. The van der Waals surface area contributed by atoms with Crippen LogP contribution in [-0.4, -0.2) is 56.8 Å². The van der Waals surface area contributed by atoms with Gasteiger partial charge in [0.25, 0.3) is 5.91 Å². The molecule has 1 amide bonds. The molecule has 0 heterocycles. The Labute approximate surface area is 155 Å². The lowest BCUT2D eigenvalue weighted by Crippen LogP contribution is -2.29. The van der Waals surface area contributed by atoms with Gasteiger partial charge in [0.2, 0.25) is 5.75 Å². The molecule has 1 aromatic carbocycles. The summed E-state index contributed by atoms with van der Waals surface area (Å²) in [7, 11) is 1.64. The molecule has 0 fully saturated rings. The number of carbonyl (C=O) groups excluding carboxylic acids is 2. The van der Waals surface area contributed by atoms with E-state index < -0.39 is 0 Å². The standard InChI is InChI=1S/C19H29NO6/c1-6-23-15-12-14(13-16(24-7-2)18(15)26-9-4)19(22)20(5)11-10-17(21)25-8-3/h12-13H,6-11H2,1-5H3. The molecule has 1 rings (SSSR count). The number of amides is 1. The first kappa shape index (κ1) is 21.6. The number of hydrogen-bond donors (Lipinski definition) is 0. The highest BCUT2D eigenvalue weighted by atomic mass is 16.5. The Morgan fingerprint density at radius 2 is 1.42 bits per heavy atom. The topological polar surface area (TPSA) is 74.3 Å². The van der Waals surface area contributed by atoms with Gasteiger partial charge in [0.1, 0.15) is 0 Å². The highest BCUT2D eigenvalue weighted by Gasteiger charge is 2.20. The molecule has 0 saturated carbocycles. The Bertz CT molecular complexity index is 575. The normalized spacial score (nSPS) is 10.2. The number of esters is 1. The molecule has 0 N–H and O–H groups in total. The van der Waals surface area contributed by atoms with E-state index in [2.05, 4.69) is 0 Å². The SMILES string of the molecule is CCOC(=O)CCN(C)C(=O)c1cc(OCC)c(OCC)c(OCC)c1. The zero-order valence-electron chi connectivity index (χ0n) is 16.3. The summed E-state index contributed by atoms with van der Waals surface area (Å²) in [6.45, 7) is 9.23. The summed E-state index contributed by atoms with van der Waals surface area (Å²) in [5.74, 6) is 0.843. The third-order valence-corrected chi connectivity index (χ3v) is 3.46. The Balaban J connectivity index is 3.05. The van der Waals surface area contributed by atoms with E-state index >= 15 is 0 Å². The van der Waals surface area contributed by atoms with E-state index in [4.69, 9.17) is 18.9 Å². The maximum absolute atomic E-state index is 12.7. The van der Waals surface area contributed by atoms with Crippen LogP contribution in [0, 0.1) is 0 Å². The summed E-state index contributed by atoms with van der Waals surface area (Å²) in [5, 5.41) is 0. The predicted octanol–water partition coefficient (Wildman–Crippen LogP) is 2.91. The fraction of sp³-hybridized carbons (Fsp3) is 0.579. The van der Waals surface area contributed by atoms with Crippen molar-refractivity contribution in [1.29, 1.82) is 0 Å². The van der Waals surface area contributed by atoms with E-state index in [1.807, 2.05) is 20.8 Å². The monoisotopic (exact) mass is 367 g/mol. The summed E-state index contributed by atoms with van der Waals surface area (Å²) < 4.78 is 21.8. The molecule has 0 bridgehead atoms. The first-order valence-electron chi connectivity index (χ1n) is 8.95. The van der Waals surface area contributed by atoms with Crippen LogP contribution in [0.3, 0.4) is 0 Å². The Morgan fingerprint density at radius 1 is 0.885 bits per heavy atom. The molecule has 0 radical (unpaired) electrons. The zero-order chi connectivity index (χ0) is 19.5. The maximum atomic E-state index is 12.7. The van der Waals surface area contributed by atoms with Crippen LogP contribution in [0.2, 0.25) is 0 Å². The van der Waals surface area contributed by atoms with Crippen molar-refractivity contribution in [3.8, 4) is 17.2 Å². The van der Waals surface area contributed by atoms with Gasteiger partial charge in [-0.15, -0.1) is 0 Å². The summed E-state index contributed by atoms with van der Waals surface area (Å²) in [5.41, 5.74) is 0.409. The molecule has 0 saturated heterocycles. The molecule has 26 heavy (non-hydrogen) atoms. The summed E-state index contributed by atoms with van der Waals surface area (Å²) >= 11 is 0. The van der Waals surface area contributed by atoms with E-state index in [9.17, 15) is 9.59 Å². The van der Waals surface area contributed by atoms with E-state index in [0.29, 0.717) is 49.2 Å². The van der Waals surface area contributed by atoms with Crippen molar-refractivity contribution in [3.63, 3.8) is 0 Å². The van der Waals surface area contributed by atoms with Gasteiger partial charge in [0, 0.05) is 19.2 Å². The molecule has 7 heteroatoms. The third-order valence-electron chi connectivity index (χ3n) is 3.46. The first-order chi connectivity index (χ1) is 12.5. The third kappa shape index (κ3) is 6.13. The van der Waals surface area contributed by atoms with Gasteiger partial charge in [-0.1, -0.05) is 0 Å². The molecule has 0 spiro atoms. The number of ether oxygens (including phenoxy) is 4. The van der Waals surface area contributed by atoms with Gasteiger partial charge in [-0.25, -0.2) is 0 Å². The Kier molecular flexibility index (Phi) is 9.33. The quantitative estimate of drug-likeness (QED) is 0.560. The van der Waals surface area contributed by atoms with Gasteiger partial charge >= 0.3 is 5.97 Å². The van der Waals surface area contributed by atoms with E-state index in [1.165, 1.54) is 4.90 Å². The van der Waals surface area contributed by atoms with Crippen LogP contribution in [0.5, 0.6) is 17.2 Å². The van der Waals surface area contributed by atoms with Gasteiger partial charge in [-0.05, 0) is 39.8 Å². The zero-order valence-corrected chi connectivity index (χ0v) is 16.3. The number of hydrogen-bond acceptors (Lipinski definition) is 6. The Morgan fingerprint density at radius 3 is 1.88 bits per heavy atom. The highest BCUT2D eigenvalue weighted by molar-refractivity contribution is 5.95. The van der Waals surface area contributed by atoms with Crippen LogP contribution in [0.15, 0.2) is 12.1 Å². The minimum Gasteiger partial charge on any atom is -0.490 e. The molecule has 0 aliphatic heterocycles. The smallest absolute Gasteiger partial charge is 0.307 e. The number of rotatable bonds is 11. The van der Waals surface area contributed by atoms with Crippen LogP contribution in [0.25, 0.3) is 0 Å². The molecular formula is C19H29NO6. The van der Waals surface area contributed by atoms with Gasteiger partial charge in [-0.3, -0.25) is 9.59 Å². The maximum Gasteiger partial charge on any atom is 0.307 e. The Hall–Kier alpha value is -2.44. The van der Waals surface area contributed by atoms with Crippen molar-refractivity contribution >= 4 is 11.9 Å². The predicted molar refractivity (Wildman–Crippen MR) is 98.2 cm³/mol. The molecule has 0 aliphatic carbocycles. The van der Waals surface area contributed by atoms with Crippen LogP contribution in [-0.2, 0) is 9.53 Å². The van der Waals surface area contributed by atoms with Crippen molar-refractivity contribution in [2.45, 2.75) is 34.1 Å². The van der Waals surface area contributed by atoms with E-state index in [1.54, 1.807) is 26.1 Å². The summed E-state index contributed by atoms with van der Waals surface area (Å²) in [6, 6.07) is 3.28. The van der Waals surface area contributed by atoms with E-state index in [0.717, 1.165) is 0 Å². The van der Waals surface area contributed by atoms with E-state index in [-0.39, 0.29) is 24.8 Å². The minimum absolute atomic E-state index is 0.143. The molecule has 0 unspecified atom stereocenters. The highest BCUT2D eigenvalue weighted by Crippen LogP contribution is 2.39. The average molecular weight is 367 g/mol. The molecule has 0 aromatic heterocycles. The largest absolute Gasteiger partial charge is 0.490 e. The lowest BCUT2D eigenvalue weighted by atomic mass is 10.1. The summed E-state index contributed by atoms with van der Waals surface area (Å²) in [6.07, 6.45) is 0.143. The van der Waals surface area contributed by atoms with Crippen LogP contribution in [0.4, 0.5) is 0 Å². The molecular weight excluding hydrogens is 338 g/mol. The number of benzene rings is 1. The fourth-order valence-corrected chi connectivity index (χ4v) is 2.33. The van der Waals surface area contributed by atoms with Gasteiger partial charge < -0.3 is 23.8 Å². The summed E-state index contributed by atoms with van der Waals surface area (Å²) in [4.78, 5) is 25.7. The number of nitrogens with zero attached hydrogens (tertiary/aromatic N) is 1. The van der Waals surface area contributed by atoms with Crippen LogP contribution < -0.4 is 14.2 Å².